The minimum Gasteiger partial charge on any atom is -0.385 e. The van der Waals surface area contributed by atoms with E-state index < -0.39 is 10.0 Å². The molecule has 4 nitrogen and oxygen atoms in total. The predicted octanol–water partition coefficient (Wildman–Crippen LogP) is 2.29. The summed E-state index contributed by atoms with van der Waals surface area (Å²) in [4.78, 5) is 0.339. The van der Waals surface area contributed by atoms with Crippen LogP contribution in [0.15, 0.2) is 29.2 Å². The molecule has 2 rings (SSSR count). The van der Waals surface area contributed by atoms with Crippen molar-refractivity contribution >= 4 is 27.5 Å². The highest BCUT2D eigenvalue weighted by atomic mass is 32.2. The van der Waals surface area contributed by atoms with Gasteiger partial charge in [0.25, 0.3) is 0 Å². The van der Waals surface area contributed by atoms with Crippen LogP contribution in [0.25, 0.3) is 0 Å². The number of sulfonamides is 1. The topological polar surface area (TPSA) is 58.2 Å². The number of hydrogen-bond donors (Lipinski definition) is 2. The molecule has 1 heterocycles. The second-order valence-electron chi connectivity index (χ2n) is 4.63. The first kappa shape index (κ1) is 14.7. The van der Waals surface area contributed by atoms with Gasteiger partial charge in [-0.15, -0.1) is 0 Å². The Morgan fingerprint density at radius 3 is 2.63 bits per heavy atom. The third-order valence-electron chi connectivity index (χ3n) is 3.00. The summed E-state index contributed by atoms with van der Waals surface area (Å²) < 4.78 is 27.1. The van der Waals surface area contributed by atoms with Crippen LogP contribution in [0.5, 0.6) is 0 Å². The second kappa shape index (κ2) is 6.63. The van der Waals surface area contributed by atoms with Crippen LogP contribution in [0, 0.1) is 0 Å². The summed E-state index contributed by atoms with van der Waals surface area (Å²) in [6.07, 6.45) is 1.96. The highest BCUT2D eigenvalue weighted by Crippen LogP contribution is 2.20. The molecule has 1 fully saturated rings. The molecule has 2 N–H and O–H groups in total. The van der Waals surface area contributed by atoms with Crippen LogP contribution in [-0.4, -0.2) is 32.5 Å². The van der Waals surface area contributed by atoms with Crippen molar-refractivity contribution in [2.24, 2.45) is 0 Å². The zero-order valence-corrected chi connectivity index (χ0v) is 12.7. The van der Waals surface area contributed by atoms with Crippen molar-refractivity contribution in [3.8, 4) is 0 Å². The standard InChI is InChI=1S/C13H20N2O2S2/c1-2-8-14-11-3-5-13(6-4-11)19(16,17)15-12-7-9-18-10-12/h3-6,12,14-15H,2,7-10H2,1H3. The third-order valence-corrected chi connectivity index (χ3v) is 5.69. The molecule has 0 radical (unpaired) electrons. The van der Waals surface area contributed by atoms with E-state index in [1.165, 1.54) is 0 Å². The molecule has 0 spiro atoms. The van der Waals surface area contributed by atoms with E-state index in [0.29, 0.717) is 4.90 Å². The van der Waals surface area contributed by atoms with Gasteiger partial charge in [-0.2, -0.15) is 11.8 Å². The number of thioether (sulfide) groups is 1. The Kier molecular flexibility index (Phi) is 5.13. The predicted molar refractivity (Wildman–Crippen MR) is 81.3 cm³/mol. The maximum Gasteiger partial charge on any atom is 0.240 e. The van der Waals surface area contributed by atoms with Gasteiger partial charge in [0.15, 0.2) is 0 Å². The Labute approximate surface area is 119 Å². The largest absolute Gasteiger partial charge is 0.385 e. The molecule has 1 saturated heterocycles. The lowest BCUT2D eigenvalue weighted by molar-refractivity contribution is 0.563. The lowest BCUT2D eigenvalue weighted by atomic mass is 10.3. The van der Waals surface area contributed by atoms with E-state index >= 15 is 0 Å². The summed E-state index contributed by atoms with van der Waals surface area (Å²) in [6.45, 7) is 2.99. The average Bonchev–Trinajstić information content (AvgIpc) is 2.89. The number of benzene rings is 1. The van der Waals surface area contributed by atoms with E-state index in [4.69, 9.17) is 0 Å². The van der Waals surface area contributed by atoms with Crippen molar-refractivity contribution in [1.29, 1.82) is 0 Å². The van der Waals surface area contributed by atoms with E-state index in [9.17, 15) is 8.42 Å². The summed E-state index contributed by atoms with van der Waals surface area (Å²) in [7, 11) is -3.37. The fourth-order valence-corrected chi connectivity index (χ4v) is 4.46. The summed E-state index contributed by atoms with van der Waals surface area (Å²) >= 11 is 1.79. The maximum atomic E-state index is 12.2. The van der Waals surface area contributed by atoms with E-state index in [1.807, 2.05) is 12.1 Å². The maximum absolute atomic E-state index is 12.2. The van der Waals surface area contributed by atoms with Gasteiger partial charge in [0.2, 0.25) is 10.0 Å². The molecule has 6 heteroatoms. The van der Waals surface area contributed by atoms with Crippen LogP contribution in [0.2, 0.25) is 0 Å². The van der Waals surface area contributed by atoms with Crippen molar-refractivity contribution in [2.75, 3.05) is 23.4 Å². The zero-order valence-electron chi connectivity index (χ0n) is 11.1. The highest BCUT2D eigenvalue weighted by molar-refractivity contribution is 7.99. The molecule has 106 valence electrons. The third kappa shape index (κ3) is 4.12. The number of nitrogens with one attached hydrogen (secondary N) is 2. The smallest absolute Gasteiger partial charge is 0.240 e. The summed E-state index contributed by atoms with van der Waals surface area (Å²) in [6, 6.07) is 7.01. The summed E-state index contributed by atoms with van der Waals surface area (Å²) in [5, 5.41) is 3.23. The fourth-order valence-electron chi connectivity index (χ4n) is 1.94. The molecule has 0 amide bonds. The van der Waals surface area contributed by atoms with Gasteiger partial charge in [0.1, 0.15) is 0 Å². The normalized spacial score (nSPS) is 19.5. The molecular weight excluding hydrogens is 280 g/mol. The first-order chi connectivity index (χ1) is 9.12. The van der Waals surface area contributed by atoms with Crippen LogP contribution in [-0.2, 0) is 10.0 Å². The fraction of sp³-hybridized carbons (Fsp3) is 0.538. The molecule has 1 atom stereocenters. The van der Waals surface area contributed by atoms with Crippen LogP contribution >= 0.6 is 11.8 Å². The Balaban J connectivity index is 2.03. The Bertz CT molecular complexity index is 494. The van der Waals surface area contributed by atoms with Gasteiger partial charge in [0.05, 0.1) is 4.90 Å². The molecule has 1 aliphatic rings. The van der Waals surface area contributed by atoms with Gasteiger partial charge in [-0.05, 0) is 42.9 Å². The quantitative estimate of drug-likeness (QED) is 0.846. The van der Waals surface area contributed by atoms with Gasteiger partial charge in [-0.1, -0.05) is 6.92 Å². The van der Waals surface area contributed by atoms with Crippen molar-refractivity contribution in [2.45, 2.75) is 30.7 Å². The van der Waals surface area contributed by atoms with Gasteiger partial charge in [0, 0.05) is 24.0 Å². The van der Waals surface area contributed by atoms with Gasteiger partial charge >= 0.3 is 0 Å². The molecule has 1 aromatic rings. The lowest BCUT2D eigenvalue weighted by Crippen LogP contribution is -2.34. The molecule has 19 heavy (non-hydrogen) atoms. The van der Waals surface area contributed by atoms with Crippen LogP contribution in [0.1, 0.15) is 19.8 Å². The molecule has 1 aromatic carbocycles. The highest BCUT2D eigenvalue weighted by Gasteiger charge is 2.22. The molecule has 0 aromatic heterocycles. The second-order valence-corrected chi connectivity index (χ2v) is 7.50. The minimum atomic E-state index is -3.37. The Hall–Kier alpha value is -0.720. The lowest BCUT2D eigenvalue weighted by Gasteiger charge is -2.12. The van der Waals surface area contributed by atoms with Crippen molar-refractivity contribution in [3.05, 3.63) is 24.3 Å². The van der Waals surface area contributed by atoms with Crippen molar-refractivity contribution in [3.63, 3.8) is 0 Å². The number of anilines is 1. The zero-order chi connectivity index (χ0) is 13.7. The van der Waals surface area contributed by atoms with Gasteiger partial charge in [-0.3, -0.25) is 0 Å². The molecule has 1 aliphatic heterocycles. The monoisotopic (exact) mass is 300 g/mol. The van der Waals surface area contributed by atoms with E-state index in [1.54, 1.807) is 23.9 Å². The molecular formula is C13H20N2O2S2. The molecule has 0 saturated carbocycles. The summed E-state index contributed by atoms with van der Waals surface area (Å²) in [5.41, 5.74) is 0.956. The summed E-state index contributed by atoms with van der Waals surface area (Å²) in [5.74, 6) is 1.91. The number of hydrogen-bond acceptors (Lipinski definition) is 4. The van der Waals surface area contributed by atoms with Crippen molar-refractivity contribution < 1.29 is 8.42 Å². The number of rotatable bonds is 6. The molecule has 1 unspecified atom stereocenters. The van der Waals surface area contributed by atoms with E-state index in [0.717, 1.165) is 36.6 Å². The molecule has 0 aliphatic carbocycles. The van der Waals surface area contributed by atoms with Gasteiger partial charge in [-0.25, -0.2) is 13.1 Å². The van der Waals surface area contributed by atoms with Crippen LogP contribution < -0.4 is 10.0 Å². The van der Waals surface area contributed by atoms with Crippen molar-refractivity contribution in [1.82, 2.24) is 4.72 Å². The Morgan fingerprint density at radius 2 is 2.05 bits per heavy atom. The SMILES string of the molecule is CCCNc1ccc(S(=O)(=O)NC2CCSC2)cc1. The van der Waals surface area contributed by atoms with Crippen LogP contribution in [0.4, 0.5) is 5.69 Å². The van der Waals surface area contributed by atoms with Gasteiger partial charge < -0.3 is 5.32 Å². The Morgan fingerprint density at radius 1 is 1.32 bits per heavy atom. The van der Waals surface area contributed by atoms with Crippen LogP contribution in [0.3, 0.4) is 0 Å². The first-order valence-electron chi connectivity index (χ1n) is 6.56. The average molecular weight is 300 g/mol. The minimum absolute atomic E-state index is 0.0768. The van der Waals surface area contributed by atoms with E-state index in [2.05, 4.69) is 17.0 Å². The molecule has 0 bridgehead atoms. The van der Waals surface area contributed by atoms with E-state index in [-0.39, 0.29) is 6.04 Å². The first-order valence-corrected chi connectivity index (χ1v) is 9.19.